The zero-order valence-electron chi connectivity index (χ0n) is 20.1. The minimum atomic E-state index is -1.17. The van der Waals surface area contributed by atoms with Gasteiger partial charge in [-0.3, -0.25) is 0 Å². The summed E-state index contributed by atoms with van der Waals surface area (Å²) in [4.78, 5) is 13.4. The molecule has 0 radical (unpaired) electrons. The van der Waals surface area contributed by atoms with Gasteiger partial charge < -0.3 is 28.1 Å². The summed E-state index contributed by atoms with van der Waals surface area (Å²) < 4.78 is 35.4. The number of benzene rings is 3. The molecule has 2 bridgehead atoms. The molecule has 36 heavy (non-hydrogen) atoms. The Morgan fingerprint density at radius 3 is 2.28 bits per heavy atom. The SMILES string of the molecule is COc1ccc([C@]23Cc4cc(OC)c(OC)cc4[C@H](O2)c2c(cc(-c4ccccc4)oc2=O)O3)cc1. The fourth-order valence-electron chi connectivity index (χ4n) is 4.95. The maximum Gasteiger partial charge on any atom is 0.346 e. The molecule has 1 aromatic heterocycles. The quantitative estimate of drug-likeness (QED) is 0.383. The Hall–Kier alpha value is -4.23. The van der Waals surface area contributed by atoms with Gasteiger partial charge in [-0.05, 0) is 47.5 Å². The first-order chi connectivity index (χ1) is 17.5. The maximum atomic E-state index is 13.4. The fourth-order valence-corrected chi connectivity index (χ4v) is 4.95. The van der Waals surface area contributed by atoms with Crippen molar-refractivity contribution in [3.05, 3.63) is 105 Å². The highest BCUT2D eigenvalue weighted by atomic mass is 16.7. The van der Waals surface area contributed by atoms with Crippen LogP contribution in [-0.4, -0.2) is 21.3 Å². The average molecular weight is 485 g/mol. The molecule has 6 rings (SSSR count). The summed E-state index contributed by atoms with van der Waals surface area (Å²) in [5.41, 5.74) is 3.11. The molecule has 3 aromatic carbocycles. The van der Waals surface area contributed by atoms with Crippen molar-refractivity contribution in [2.24, 2.45) is 0 Å². The van der Waals surface area contributed by atoms with E-state index in [-0.39, 0.29) is 0 Å². The predicted octanol–water partition coefficient (Wildman–Crippen LogP) is 5.24. The van der Waals surface area contributed by atoms with Crippen LogP contribution in [0.2, 0.25) is 0 Å². The third-order valence-corrected chi connectivity index (χ3v) is 6.73. The minimum Gasteiger partial charge on any atom is -0.497 e. The van der Waals surface area contributed by atoms with E-state index < -0.39 is 17.5 Å². The lowest BCUT2D eigenvalue weighted by Crippen LogP contribution is -2.47. The van der Waals surface area contributed by atoms with Crippen LogP contribution in [0.1, 0.15) is 28.4 Å². The second-order valence-electron chi connectivity index (χ2n) is 8.71. The Kier molecular flexibility index (Phi) is 5.23. The molecule has 0 unspecified atom stereocenters. The van der Waals surface area contributed by atoms with Crippen LogP contribution in [0.3, 0.4) is 0 Å². The van der Waals surface area contributed by atoms with Crippen molar-refractivity contribution in [1.29, 1.82) is 0 Å². The molecule has 7 heteroatoms. The van der Waals surface area contributed by atoms with Crippen LogP contribution in [0.15, 0.2) is 82.0 Å². The smallest absolute Gasteiger partial charge is 0.346 e. The van der Waals surface area contributed by atoms with E-state index in [4.69, 9.17) is 28.1 Å². The van der Waals surface area contributed by atoms with Gasteiger partial charge in [0.25, 0.3) is 0 Å². The van der Waals surface area contributed by atoms with E-state index >= 15 is 0 Å². The van der Waals surface area contributed by atoms with Gasteiger partial charge in [0.1, 0.15) is 28.9 Å². The molecule has 2 aliphatic rings. The van der Waals surface area contributed by atoms with Crippen LogP contribution in [0.25, 0.3) is 11.3 Å². The van der Waals surface area contributed by atoms with E-state index in [9.17, 15) is 4.79 Å². The molecule has 0 saturated heterocycles. The first-order valence-electron chi connectivity index (χ1n) is 11.5. The third-order valence-electron chi connectivity index (χ3n) is 6.73. The highest BCUT2D eigenvalue weighted by Crippen LogP contribution is 2.53. The molecular formula is C29H24O7. The molecular weight excluding hydrogens is 460 g/mol. The zero-order valence-corrected chi connectivity index (χ0v) is 20.1. The van der Waals surface area contributed by atoms with Crippen molar-refractivity contribution < 1.29 is 28.1 Å². The van der Waals surface area contributed by atoms with Gasteiger partial charge in [0.05, 0.1) is 21.3 Å². The number of rotatable bonds is 5. The number of hydrogen-bond acceptors (Lipinski definition) is 7. The Bertz CT molecular complexity index is 1490. The molecule has 0 spiro atoms. The lowest BCUT2D eigenvalue weighted by Gasteiger charge is -2.46. The maximum absolute atomic E-state index is 13.4. The predicted molar refractivity (Wildman–Crippen MR) is 132 cm³/mol. The Labute approximate surface area is 207 Å². The largest absolute Gasteiger partial charge is 0.497 e. The van der Waals surface area contributed by atoms with Crippen molar-refractivity contribution in [2.45, 2.75) is 18.3 Å². The normalized spacial score (nSPS) is 19.5. The van der Waals surface area contributed by atoms with Gasteiger partial charge in [0.2, 0.25) is 5.79 Å². The van der Waals surface area contributed by atoms with Gasteiger partial charge in [-0.2, -0.15) is 0 Å². The Morgan fingerprint density at radius 2 is 1.58 bits per heavy atom. The highest BCUT2D eigenvalue weighted by molar-refractivity contribution is 5.61. The Morgan fingerprint density at radius 1 is 0.861 bits per heavy atom. The Balaban J connectivity index is 1.58. The summed E-state index contributed by atoms with van der Waals surface area (Å²) >= 11 is 0. The topological polar surface area (TPSA) is 76.4 Å². The summed E-state index contributed by atoms with van der Waals surface area (Å²) in [6, 6.07) is 22.6. The summed E-state index contributed by atoms with van der Waals surface area (Å²) in [5, 5.41) is 0. The fraction of sp³-hybridized carbons (Fsp3) is 0.207. The summed E-state index contributed by atoms with van der Waals surface area (Å²) in [6.07, 6.45) is -0.327. The molecule has 2 atom stereocenters. The molecule has 182 valence electrons. The minimum absolute atomic E-state index is 0.312. The van der Waals surface area contributed by atoms with E-state index in [1.165, 1.54) is 0 Å². The van der Waals surface area contributed by atoms with E-state index in [1.54, 1.807) is 27.4 Å². The van der Waals surface area contributed by atoms with Crippen LogP contribution >= 0.6 is 0 Å². The van der Waals surface area contributed by atoms with Crippen LogP contribution < -0.4 is 24.6 Å². The van der Waals surface area contributed by atoms with E-state index in [2.05, 4.69) is 0 Å². The highest BCUT2D eigenvalue weighted by Gasteiger charge is 2.50. The van der Waals surface area contributed by atoms with Crippen LogP contribution in [0, 0.1) is 0 Å². The van der Waals surface area contributed by atoms with Gasteiger partial charge in [-0.15, -0.1) is 0 Å². The standard InChI is InChI=1S/C29H24O7/c1-31-20-11-9-19(10-12-20)29-16-18-13-23(32-2)24(33-3)14-21(18)27(36-29)26-25(35-29)15-22(34-28(26)30)17-7-5-4-6-8-17/h4-15,27H,16H2,1-3H3/t27-,29-/m0/s1. The summed E-state index contributed by atoms with van der Waals surface area (Å²) in [7, 11) is 4.79. The summed E-state index contributed by atoms with van der Waals surface area (Å²) in [6.45, 7) is 0. The van der Waals surface area contributed by atoms with Gasteiger partial charge in [0, 0.05) is 23.6 Å². The van der Waals surface area contributed by atoms with E-state index in [1.807, 2.05) is 66.7 Å². The second-order valence-corrected chi connectivity index (χ2v) is 8.71. The zero-order chi connectivity index (χ0) is 24.9. The van der Waals surface area contributed by atoms with Crippen molar-refractivity contribution in [3.63, 3.8) is 0 Å². The number of methoxy groups -OCH3 is 3. The van der Waals surface area contributed by atoms with Crippen LogP contribution in [0.4, 0.5) is 0 Å². The molecule has 0 aliphatic carbocycles. The number of ether oxygens (including phenoxy) is 5. The van der Waals surface area contributed by atoms with E-state index in [0.29, 0.717) is 35.0 Å². The summed E-state index contributed by atoms with van der Waals surface area (Å²) in [5.74, 6) is 1.55. The molecule has 4 aromatic rings. The van der Waals surface area contributed by atoms with Crippen molar-refractivity contribution in [2.75, 3.05) is 21.3 Å². The van der Waals surface area contributed by atoms with Crippen LogP contribution in [0.5, 0.6) is 23.0 Å². The van der Waals surface area contributed by atoms with E-state index in [0.717, 1.165) is 28.0 Å². The lowest BCUT2D eigenvalue weighted by atomic mass is 9.84. The lowest BCUT2D eigenvalue weighted by molar-refractivity contribution is -0.238. The molecule has 2 aliphatic heterocycles. The van der Waals surface area contributed by atoms with Gasteiger partial charge in [0.15, 0.2) is 11.5 Å². The number of fused-ring (bicyclic) bond motifs is 6. The third kappa shape index (κ3) is 3.43. The van der Waals surface area contributed by atoms with Crippen molar-refractivity contribution in [1.82, 2.24) is 0 Å². The molecule has 0 fully saturated rings. The second kappa shape index (κ2) is 8.46. The van der Waals surface area contributed by atoms with Gasteiger partial charge in [-0.1, -0.05) is 30.3 Å². The van der Waals surface area contributed by atoms with Gasteiger partial charge >= 0.3 is 5.63 Å². The average Bonchev–Trinajstić information content (AvgIpc) is 2.92. The first kappa shape index (κ1) is 22.2. The molecule has 0 saturated carbocycles. The number of hydrogen-bond donors (Lipinski definition) is 0. The van der Waals surface area contributed by atoms with Crippen molar-refractivity contribution in [3.8, 4) is 34.3 Å². The molecule has 0 amide bonds. The molecule has 7 nitrogen and oxygen atoms in total. The van der Waals surface area contributed by atoms with Crippen LogP contribution in [-0.2, 0) is 16.9 Å². The first-order valence-corrected chi connectivity index (χ1v) is 11.5. The molecule has 3 heterocycles. The van der Waals surface area contributed by atoms with Crippen molar-refractivity contribution >= 4 is 0 Å². The molecule has 0 N–H and O–H groups in total. The monoisotopic (exact) mass is 484 g/mol. The van der Waals surface area contributed by atoms with Gasteiger partial charge in [-0.25, -0.2) is 4.79 Å².